The smallest absolute Gasteiger partial charge is 0.252 e. The first kappa shape index (κ1) is 11.3. The molecule has 0 fully saturated rings. The van der Waals surface area contributed by atoms with Crippen LogP contribution in [0.25, 0.3) is 0 Å². The van der Waals surface area contributed by atoms with Gasteiger partial charge in [-0.1, -0.05) is 0 Å². The van der Waals surface area contributed by atoms with Gasteiger partial charge in [0.2, 0.25) is 0 Å². The number of halogens is 2. The second-order valence-corrected chi connectivity index (χ2v) is 4.95. The molecule has 0 bridgehead atoms. The van der Waals surface area contributed by atoms with Crippen molar-refractivity contribution < 1.29 is 9.18 Å². The molecule has 1 aliphatic heterocycles. The summed E-state index contributed by atoms with van der Waals surface area (Å²) < 4.78 is 13.5. The Kier molecular flexibility index (Phi) is 2.58. The highest BCUT2D eigenvalue weighted by Gasteiger charge is 2.34. The summed E-state index contributed by atoms with van der Waals surface area (Å²) in [5.41, 5.74) is -0.0799. The molecule has 0 aliphatic carbocycles. The number of aliphatic imine (C=N–C) groups is 1. The van der Waals surface area contributed by atoms with Crippen LogP contribution in [0.1, 0.15) is 19.4 Å². The lowest BCUT2D eigenvalue weighted by Gasteiger charge is -2.07. The van der Waals surface area contributed by atoms with Crippen LogP contribution in [-0.2, 0) is 4.79 Å². The molecule has 0 unspecified atom stereocenters. The van der Waals surface area contributed by atoms with Gasteiger partial charge in [-0.3, -0.25) is 9.79 Å². The van der Waals surface area contributed by atoms with Crippen LogP contribution in [0.5, 0.6) is 0 Å². The molecule has 1 amide bonds. The van der Waals surface area contributed by atoms with Gasteiger partial charge < -0.3 is 5.32 Å². The van der Waals surface area contributed by atoms with E-state index in [9.17, 15) is 9.18 Å². The molecule has 1 N–H and O–H groups in total. The maximum atomic E-state index is 12.9. The van der Waals surface area contributed by atoms with Gasteiger partial charge >= 0.3 is 0 Å². The van der Waals surface area contributed by atoms with Crippen molar-refractivity contribution in [2.24, 2.45) is 4.99 Å². The van der Waals surface area contributed by atoms with Crippen LogP contribution in [0.15, 0.2) is 27.7 Å². The van der Waals surface area contributed by atoms with E-state index in [0.717, 1.165) is 0 Å². The molecule has 1 heterocycles. The number of amidine groups is 1. The van der Waals surface area contributed by atoms with Crippen molar-refractivity contribution in [2.45, 2.75) is 19.4 Å². The molecule has 84 valence electrons. The predicted octanol–water partition coefficient (Wildman–Crippen LogP) is 2.24. The number of hydrogen-bond acceptors (Lipinski definition) is 2. The number of nitrogens with zero attached hydrogens (tertiary/aromatic N) is 1. The third-order valence-corrected chi connectivity index (χ3v) is 3.02. The third kappa shape index (κ3) is 1.87. The van der Waals surface area contributed by atoms with Crippen molar-refractivity contribution in [3.63, 3.8) is 0 Å². The Bertz CT molecular complexity index is 497. The lowest BCUT2D eigenvalue weighted by molar-refractivity contribution is -0.122. The van der Waals surface area contributed by atoms with Crippen LogP contribution in [0.4, 0.5) is 4.39 Å². The maximum absolute atomic E-state index is 12.9. The average Bonchev–Trinajstić information content (AvgIpc) is 2.40. The molecule has 5 heteroatoms. The first-order chi connectivity index (χ1) is 7.40. The van der Waals surface area contributed by atoms with Crippen molar-refractivity contribution in [1.29, 1.82) is 0 Å². The number of carbonyl (C=O) groups is 1. The van der Waals surface area contributed by atoms with Gasteiger partial charge in [0.15, 0.2) is 0 Å². The Morgan fingerprint density at radius 2 is 2.12 bits per heavy atom. The normalized spacial score (nSPS) is 18.2. The molecule has 1 aromatic carbocycles. The van der Waals surface area contributed by atoms with Crippen LogP contribution < -0.4 is 5.32 Å². The Balaban J connectivity index is 2.44. The van der Waals surface area contributed by atoms with E-state index >= 15 is 0 Å². The standard InChI is InChI=1S/C11H10BrFN2O/c1-11(2)10(16)14-9(15-11)7-4-3-6(13)5-8(7)12/h3-5H,1-2H3,(H,14,15,16). The highest BCUT2D eigenvalue weighted by atomic mass is 79.9. The predicted molar refractivity (Wildman–Crippen MR) is 62.9 cm³/mol. The van der Waals surface area contributed by atoms with E-state index in [2.05, 4.69) is 26.2 Å². The fourth-order valence-corrected chi connectivity index (χ4v) is 1.97. The maximum Gasteiger partial charge on any atom is 0.252 e. The molecule has 0 spiro atoms. The van der Waals surface area contributed by atoms with Crippen LogP contribution >= 0.6 is 15.9 Å². The van der Waals surface area contributed by atoms with E-state index in [1.165, 1.54) is 12.1 Å². The fraction of sp³-hybridized carbons (Fsp3) is 0.273. The van der Waals surface area contributed by atoms with E-state index < -0.39 is 5.54 Å². The number of nitrogens with one attached hydrogen (secondary N) is 1. The van der Waals surface area contributed by atoms with Crippen LogP contribution in [0.2, 0.25) is 0 Å². The molecule has 0 atom stereocenters. The molecule has 0 aromatic heterocycles. The molecule has 16 heavy (non-hydrogen) atoms. The van der Waals surface area contributed by atoms with Crippen molar-refractivity contribution in [3.05, 3.63) is 34.1 Å². The summed E-state index contributed by atoms with van der Waals surface area (Å²) in [5, 5.41) is 2.68. The molecule has 1 aromatic rings. The number of hydrogen-bond donors (Lipinski definition) is 1. The zero-order chi connectivity index (χ0) is 11.9. The quantitative estimate of drug-likeness (QED) is 0.844. The largest absolute Gasteiger partial charge is 0.308 e. The van der Waals surface area contributed by atoms with Gasteiger partial charge in [0.25, 0.3) is 5.91 Å². The first-order valence-electron chi connectivity index (χ1n) is 4.77. The zero-order valence-corrected chi connectivity index (χ0v) is 10.4. The lowest BCUT2D eigenvalue weighted by atomic mass is 10.1. The average molecular weight is 285 g/mol. The van der Waals surface area contributed by atoms with Crippen molar-refractivity contribution >= 4 is 27.7 Å². The molecule has 0 saturated heterocycles. The summed E-state index contributed by atoms with van der Waals surface area (Å²) in [6.07, 6.45) is 0. The van der Waals surface area contributed by atoms with Crippen LogP contribution in [0, 0.1) is 5.82 Å². The van der Waals surface area contributed by atoms with Gasteiger partial charge in [0, 0.05) is 10.0 Å². The van der Waals surface area contributed by atoms with Crippen molar-refractivity contribution in [2.75, 3.05) is 0 Å². The Morgan fingerprint density at radius 3 is 2.62 bits per heavy atom. The number of rotatable bonds is 1. The SMILES string of the molecule is CC1(C)N=C(c2ccc(F)cc2Br)NC1=O. The topological polar surface area (TPSA) is 41.5 Å². The second kappa shape index (κ2) is 3.66. The van der Waals surface area contributed by atoms with Gasteiger partial charge in [0.05, 0.1) is 0 Å². The fourth-order valence-electron chi connectivity index (χ4n) is 1.43. The highest BCUT2D eigenvalue weighted by molar-refractivity contribution is 9.10. The number of amides is 1. The minimum Gasteiger partial charge on any atom is -0.308 e. The van der Waals surface area contributed by atoms with Gasteiger partial charge in [-0.2, -0.15) is 0 Å². The zero-order valence-electron chi connectivity index (χ0n) is 8.84. The summed E-state index contributed by atoms with van der Waals surface area (Å²) in [4.78, 5) is 15.8. The van der Waals surface area contributed by atoms with Crippen molar-refractivity contribution in [1.82, 2.24) is 5.32 Å². The van der Waals surface area contributed by atoms with Crippen molar-refractivity contribution in [3.8, 4) is 0 Å². The molecule has 3 nitrogen and oxygen atoms in total. The molecular formula is C11H10BrFN2O. The summed E-state index contributed by atoms with van der Waals surface area (Å²) in [7, 11) is 0. The number of carbonyl (C=O) groups excluding carboxylic acids is 1. The van der Waals surface area contributed by atoms with E-state index in [1.807, 2.05) is 0 Å². The van der Waals surface area contributed by atoms with Gasteiger partial charge in [-0.05, 0) is 48.0 Å². The Morgan fingerprint density at radius 1 is 1.44 bits per heavy atom. The minimum atomic E-state index is -0.761. The van der Waals surface area contributed by atoms with Crippen LogP contribution in [0.3, 0.4) is 0 Å². The van der Waals surface area contributed by atoms with Gasteiger partial charge in [-0.15, -0.1) is 0 Å². The number of benzene rings is 1. The first-order valence-corrected chi connectivity index (χ1v) is 5.56. The minimum absolute atomic E-state index is 0.154. The van der Waals surface area contributed by atoms with Gasteiger partial charge in [-0.25, -0.2) is 4.39 Å². The molecule has 2 rings (SSSR count). The molecule has 0 radical (unpaired) electrons. The van der Waals surface area contributed by atoms with E-state index in [-0.39, 0.29) is 11.7 Å². The monoisotopic (exact) mass is 284 g/mol. The summed E-state index contributed by atoms with van der Waals surface area (Å²) in [5.74, 6) is -0.0135. The highest BCUT2D eigenvalue weighted by Crippen LogP contribution is 2.23. The van der Waals surface area contributed by atoms with Crippen LogP contribution in [-0.4, -0.2) is 17.3 Å². The third-order valence-electron chi connectivity index (χ3n) is 2.37. The second-order valence-electron chi connectivity index (χ2n) is 4.10. The lowest BCUT2D eigenvalue weighted by Crippen LogP contribution is -2.34. The Hall–Kier alpha value is -1.23. The summed E-state index contributed by atoms with van der Waals surface area (Å²) >= 11 is 3.24. The Labute approximate surface area is 101 Å². The van der Waals surface area contributed by atoms with Gasteiger partial charge in [0.1, 0.15) is 17.2 Å². The summed E-state index contributed by atoms with van der Waals surface area (Å²) in [6, 6.07) is 4.26. The summed E-state index contributed by atoms with van der Waals surface area (Å²) in [6.45, 7) is 3.46. The van der Waals surface area contributed by atoms with E-state index in [1.54, 1.807) is 19.9 Å². The van der Waals surface area contributed by atoms with E-state index in [4.69, 9.17) is 0 Å². The molecule has 0 saturated carbocycles. The molecule has 1 aliphatic rings. The molecular weight excluding hydrogens is 275 g/mol. The van der Waals surface area contributed by atoms with E-state index in [0.29, 0.717) is 15.9 Å².